The van der Waals surface area contributed by atoms with Crippen LogP contribution in [0.1, 0.15) is 243 Å². The fourth-order valence-electron chi connectivity index (χ4n) is 8.70. The van der Waals surface area contributed by atoms with Gasteiger partial charge in [-0.2, -0.15) is 0 Å². The van der Waals surface area contributed by atoms with Gasteiger partial charge in [-0.05, 0) is 100.0 Å². The van der Waals surface area contributed by atoms with E-state index in [9.17, 15) is 5.53 Å². The van der Waals surface area contributed by atoms with E-state index in [1.165, 1.54) is 187 Å². The number of benzene rings is 2. The Morgan fingerprint density at radius 2 is 0.911 bits per heavy atom. The predicted molar refractivity (Wildman–Crippen MR) is 248 cm³/mol. The number of allylic oxidation sites excluding steroid dienone is 4. The van der Waals surface area contributed by atoms with E-state index in [-0.39, 0.29) is 0 Å². The van der Waals surface area contributed by atoms with Gasteiger partial charge in [-0.1, -0.05) is 205 Å². The lowest BCUT2D eigenvalue weighted by atomic mass is 9.90. The quantitative estimate of drug-likeness (QED) is 0.0380. The molecule has 0 saturated heterocycles. The van der Waals surface area contributed by atoms with Gasteiger partial charge < -0.3 is 5.53 Å². The molecule has 2 heteroatoms. The molecule has 0 atom stereocenters. The summed E-state index contributed by atoms with van der Waals surface area (Å²) in [6.07, 6.45) is 46.3. The summed E-state index contributed by atoms with van der Waals surface area (Å²) < 4.78 is 1.62. The Labute approximate surface area is 347 Å². The highest BCUT2D eigenvalue weighted by molar-refractivity contribution is 5.83. The zero-order valence-electron chi connectivity index (χ0n) is 37.3. The van der Waals surface area contributed by atoms with Crippen LogP contribution in [0.5, 0.6) is 0 Å². The molecular weight excluding hydrogens is 677 g/mol. The monoisotopic (exact) mass is 763 g/mol. The molecule has 1 aliphatic heterocycles. The molecule has 0 radical (unpaired) electrons. The van der Waals surface area contributed by atoms with E-state index in [1.54, 1.807) is 4.70 Å². The Hall–Kier alpha value is -2.74. The lowest BCUT2D eigenvalue weighted by Crippen LogP contribution is -2.05. The molecule has 0 amide bonds. The van der Waals surface area contributed by atoms with Crippen molar-refractivity contribution in [1.29, 1.82) is 0 Å². The lowest BCUT2D eigenvalue weighted by Gasteiger charge is -2.13. The first-order chi connectivity index (χ1) is 27.7. The maximum atomic E-state index is 12.3. The van der Waals surface area contributed by atoms with E-state index >= 15 is 0 Å². The Kier molecular flexibility index (Phi) is 26.6. The van der Waals surface area contributed by atoms with Crippen molar-refractivity contribution >= 4 is 11.4 Å². The average Bonchev–Trinajstić information content (AvgIpc) is 3.49. The van der Waals surface area contributed by atoms with E-state index < -0.39 is 0 Å². The van der Waals surface area contributed by atoms with Crippen molar-refractivity contribution in [1.82, 2.24) is 0 Å². The Morgan fingerprint density at radius 3 is 1.52 bits per heavy atom. The minimum atomic E-state index is 1.02. The van der Waals surface area contributed by atoms with Crippen LogP contribution in [-0.2, 0) is 12.8 Å². The van der Waals surface area contributed by atoms with Crippen molar-refractivity contribution in [3.63, 3.8) is 0 Å². The van der Waals surface area contributed by atoms with E-state index in [0.29, 0.717) is 0 Å². The number of aryl methyl sites for hydroxylation is 2. The van der Waals surface area contributed by atoms with Crippen LogP contribution in [0.4, 0.5) is 0 Å². The Morgan fingerprint density at radius 1 is 0.429 bits per heavy atom. The van der Waals surface area contributed by atoms with Crippen molar-refractivity contribution < 1.29 is 4.70 Å². The lowest BCUT2D eigenvalue weighted by molar-refractivity contribution is -0.345. The summed E-state index contributed by atoms with van der Waals surface area (Å²) in [6.45, 7) is 9.16. The summed E-state index contributed by atoms with van der Waals surface area (Å²) in [5.74, 6) is 0. The number of hydrogen-bond acceptors (Lipinski definition) is 0. The summed E-state index contributed by atoms with van der Waals surface area (Å²) in [5, 5.41) is 0. The van der Waals surface area contributed by atoms with Crippen LogP contribution in [0.25, 0.3) is 16.9 Å². The van der Waals surface area contributed by atoms with Crippen LogP contribution >= 0.6 is 0 Å². The van der Waals surface area contributed by atoms with Gasteiger partial charge in [-0.25, -0.2) is 4.70 Å². The molecule has 0 spiro atoms. The maximum Gasteiger partial charge on any atom is 0.211 e. The first-order valence-electron chi connectivity index (χ1n) is 24.4. The molecule has 0 aliphatic carbocycles. The van der Waals surface area contributed by atoms with Gasteiger partial charge in [0.05, 0.1) is 0 Å². The maximum absolute atomic E-state index is 12.3. The van der Waals surface area contributed by atoms with Crippen molar-refractivity contribution in [2.24, 2.45) is 0 Å². The van der Waals surface area contributed by atoms with Gasteiger partial charge in [-0.15, -0.1) is 0 Å². The topological polar surface area (TPSA) is 25.3 Å². The molecular formula is C54H86N2. The highest BCUT2D eigenvalue weighted by Crippen LogP contribution is 2.45. The predicted octanol–water partition coefficient (Wildman–Crippen LogP) is 18.3. The van der Waals surface area contributed by atoms with Gasteiger partial charge in [-0.3, -0.25) is 0 Å². The molecule has 0 N–H and O–H groups in total. The largest absolute Gasteiger partial charge is 0.493 e. The molecule has 2 aromatic carbocycles. The third-order valence-electron chi connectivity index (χ3n) is 12.2. The van der Waals surface area contributed by atoms with Crippen molar-refractivity contribution in [2.75, 3.05) is 0 Å². The van der Waals surface area contributed by atoms with E-state index in [0.717, 1.165) is 62.8 Å². The number of rotatable bonds is 35. The zero-order chi connectivity index (χ0) is 39.9. The van der Waals surface area contributed by atoms with Crippen LogP contribution < -0.4 is 0 Å². The van der Waals surface area contributed by atoms with Gasteiger partial charge in [0.15, 0.2) is 0 Å². The Bertz CT molecular complexity index is 1420. The number of hydrogen-bond donors (Lipinski definition) is 0. The summed E-state index contributed by atoms with van der Waals surface area (Å²) in [7, 11) is 0. The van der Waals surface area contributed by atoms with Gasteiger partial charge in [0.1, 0.15) is 0 Å². The van der Waals surface area contributed by atoms with Gasteiger partial charge in [0, 0.05) is 22.3 Å². The fourth-order valence-corrected chi connectivity index (χ4v) is 8.70. The smallest absolute Gasteiger partial charge is 0.211 e. The summed E-state index contributed by atoms with van der Waals surface area (Å²) >= 11 is 0. The second kappa shape index (κ2) is 31.3. The Balaban J connectivity index is 1.54. The van der Waals surface area contributed by atoms with Crippen molar-refractivity contribution in [2.45, 2.75) is 233 Å². The van der Waals surface area contributed by atoms with Crippen molar-refractivity contribution in [3.8, 4) is 0 Å². The molecule has 312 valence electrons. The zero-order valence-corrected chi connectivity index (χ0v) is 37.3. The van der Waals surface area contributed by atoms with Crippen LogP contribution in [0, 0.1) is 0 Å². The molecule has 56 heavy (non-hydrogen) atoms. The van der Waals surface area contributed by atoms with E-state index in [2.05, 4.69) is 88.4 Å². The van der Waals surface area contributed by atoms with Crippen LogP contribution in [-0.4, -0.2) is 4.70 Å². The fraction of sp³-hybridized carbons (Fsp3) is 0.667. The minimum Gasteiger partial charge on any atom is -0.493 e. The third kappa shape index (κ3) is 18.2. The van der Waals surface area contributed by atoms with Gasteiger partial charge in [0.25, 0.3) is 0 Å². The summed E-state index contributed by atoms with van der Waals surface area (Å²) in [4.78, 5) is 0. The number of nitrogens with zero attached hydrogens (tertiary/aromatic N) is 2. The highest BCUT2D eigenvalue weighted by Gasteiger charge is 2.36. The summed E-state index contributed by atoms with van der Waals surface area (Å²) in [6, 6.07) is 18.0. The first kappa shape index (κ1) is 47.6. The summed E-state index contributed by atoms with van der Waals surface area (Å²) in [5.41, 5.74) is 22.3. The van der Waals surface area contributed by atoms with E-state index in [1.807, 2.05) is 0 Å². The molecule has 3 rings (SSSR count). The molecule has 2 nitrogen and oxygen atoms in total. The molecule has 2 aromatic rings. The highest BCUT2D eigenvalue weighted by atomic mass is 15.2. The van der Waals surface area contributed by atoms with Crippen LogP contribution in [0.15, 0.2) is 71.8 Å². The van der Waals surface area contributed by atoms with Crippen molar-refractivity contribution in [3.05, 3.63) is 99.6 Å². The third-order valence-corrected chi connectivity index (χ3v) is 12.2. The van der Waals surface area contributed by atoms with Gasteiger partial charge in [0.2, 0.25) is 11.4 Å². The molecule has 0 bridgehead atoms. The molecule has 0 fully saturated rings. The molecule has 0 aromatic heterocycles. The molecule has 1 aliphatic rings. The SMILES string of the molecule is CCCCCCCCCCCCCCCCCC=CCCCc1ccccc1C1=C(CCCC)C(CCCCCCCC)=C(c2cccc(CCCC)c2)[N+]1=[N-]. The minimum absolute atomic E-state index is 1.02. The van der Waals surface area contributed by atoms with Gasteiger partial charge >= 0.3 is 0 Å². The standard InChI is InChI=1S/C54H86N2/c1-5-9-13-15-17-18-19-20-21-22-23-24-25-26-27-28-29-30-31-33-40-48-41-35-36-44-50(48)54-52(43-12-8-4)51(45-34-32-16-14-10-6-2)53(56(54)55)49-42-37-39-47(46-49)38-11-7-3/h29-30,35-37,39,41-42,44,46H,5-28,31-34,38,40,43,45H2,1-4H3. The normalized spacial score (nSPS) is 13.3. The van der Waals surface area contributed by atoms with Crippen LogP contribution in [0.2, 0.25) is 0 Å². The average molecular weight is 763 g/mol. The first-order valence-corrected chi connectivity index (χ1v) is 24.4. The van der Waals surface area contributed by atoms with E-state index in [4.69, 9.17) is 0 Å². The molecule has 0 saturated carbocycles. The number of unbranched alkanes of at least 4 members (excludes halogenated alkanes) is 23. The second-order valence-electron chi connectivity index (χ2n) is 17.2. The van der Waals surface area contributed by atoms with Crippen LogP contribution in [0.3, 0.4) is 0 Å². The molecule has 0 unspecified atom stereocenters. The second-order valence-corrected chi connectivity index (χ2v) is 17.2. The molecule has 1 heterocycles.